The van der Waals surface area contributed by atoms with Crippen LogP contribution in [0, 0.1) is 0 Å². The number of benzene rings is 1. The van der Waals surface area contributed by atoms with E-state index in [1.807, 2.05) is 18.2 Å². The van der Waals surface area contributed by atoms with Gasteiger partial charge in [0.2, 0.25) is 5.91 Å². The van der Waals surface area contributed by atoms with Crippen molar-refractivity contribution in [2.75, 3.05) is 13.1 Å². The lowest BCUT2D eigenvalue weighted by Gasteiger charge is -2.25. The molecule has 1 atom stereocenters. The Hall–Kier alpha value is -1.88. The van der Waals surface area contributed by atoms with Gasteiger partial charge < -0.3 is 10.5 Å². The molecule has 1 aliphatic rings. The Kier molecular flexibility index (Phi) is 4.52. The summed E-state index contributed by atoms with van der Waals surface area (Å²) in [5.41, 5.74) is 7.31. The van der Waals surface area contributed by atoms with Crippen LogP contribution in [0.4, 0.5) is 0 Å². The van der Waals surface area contributed by atoms with Gasteiger partial charge in [0.05, 0.1) is 13.1 Å². The molecular formula is C14H18N2O3. The molecule has 1 unspecified atom stereocenters. The van der Waals surface area contributed by atoms with Gasteiger partial charge >= 0.3 is 5.97 Å². The van der Waals surface area contributed by atoms with Crippen LogP contribution in [0.25, 0.3) is 0 Å². The molecule has 1 amide bonds. The van der Waals surface area contributed by atoms with Gasteiger partial charge in [-0.25, -0.2) is 0 Å². The second-order valence-corrected chi connectivity index (χ2v) is 4.64. The van der Waals surface area contributed by atoms with Crippen LogP contribution in [-0.4, -0.2) is 25.0 Å². The number of carbonyl (C=O) groups is 2. The Labute approximate surface area is 112 Å². The predicted octanol–water partition coefficient (Wildman–Crippen LogP) is 0.682. The first kappa shape index (κ1) is 13.5. The molecule has 0 fully saturated rings. The Bertz CT molecular complexity index is 474. The fourth-order valence-corrected chi connectivity index (χ4v) is 2.32. The number of amides is 1. The molecule has 0 saturated carbocycles. The third kappa shape index (κ3) is 3.79. The van der Waals surface area contributed by atoms with E-state index in [1.165, 1.54) is 5.56 Å². The molecular weight excluding hydrogens is 244 g/mol. The first-order valence-corrected chi connectivity index (χ1v) is 6.43. The summed E-state index contributed by atoms with van der Waals surface area (Å²) >= 11 is 0. The van der Waals surface area contributed by atoms with Crippen LogP contribution < -0.4 is 11.1 Å². The van der Waals surface area contributed by atoms with Crippen molar-refractivity contribution in [3.63, 3.8) is 0 Å². The van der Waals surface area contributed by atoms with Crippen LogP contribution in [0.1, 0.15) is 30.1 Å². The molecule has 0 saturated heterocycles. The van der Waals surface area contributed by atoms with E-state index < -0.39 is 5.91 Å². The van der Waals surface area contributed by atoms with E-state index >= 15 is 0 Å². The molecule has 0 aromatic heterocycles. The molecule has 1 aromatic rings. The molecule has 0 spiro atoms. The predicted molar refractivity (Wildman–Crippen MR) is 70.3 cm³/mol. The van der Waals surface area contributed by atoms with Crippen LogP contribution in [0.3, 0.4) is 0 Å². The molecule has 0 radical (unpaired) electrons. The lowest BCUT2D eigenvalue weighted by molar-refractivity contribution is -0.149. The fourth-order valence-electron chi connectivity index (χ4n) is 2.32. The molecule has 19 heavy (non-hydrogen) atoms. The minimum Gasteiger partial charge on any atom is -0.457 e. The maximum Gasteiger partial charge on any atom is 0.320 e. The van der Waals surface area contributed by atoms with E-state index in [-0.39, 0.29) is 25.2 Å². The molecule has 0 aliphatic heterocycles. The Morgan fingerprint density at radius 2 is 2.11 bits per heavy atom. The standard InChI is InChI=1S/C14H18N2O3/c15-13(17)8-16-9-14(18)19-12-7-3-5-10-4-1-2-6-11(10)12/h1-2,4,6,12,16H,3,5,7-9H2,(H2,15,17). The van der Waals surface area contributed by atoms with Crippen molar-refractivity contribution in [3.05, 3.63) is 35.4 Å². The van der Waals surface area contributed by atoms with Crippen molar-refractivity contribution < 1.29 is 14.3 Å². The molecule has 5 heteroatoms. The monoisotopic (exact) mass is 262 g/mol. The molecule has 1 aliphatic carbocycles. The number of fused-ring (bicyclic) bond motifs is 1. The molecule has 0 bridgehead atoms. The maximum atomic E-state index is 11.7. The number of aryl methyl sites for hydroxylation is 1. The number of carbonyl (C=O) groups excluding carboxylic acids is 2. The summed E-state index contributed by atoms with van der Waals surface area (Å²) in [7, 11) is 0. The normalized spacial score (nSPS) is 17.6. The molecule has 2 rings (SSSR count). The van der Waals surface area contributed by atoms with Crippen LogP contribution in [-0.2, 0) is 20.7 Å². The molecule has 5 nitrogen and oxygen atoms in total. The van der Waals surface area contributed by atoms with Gasteiger partial charge in [-0.15, -0.1) is 0 Å². The highest BCUT2D eigenvalue weighted by molar-refractivity contribution is 5.77. The summed E-state index contributed by atoms with van der Waals surface area (Å²) in [6.07, 6.45) is 2.72. The van der Waals surface area contributed by atoms with E-state index in [0.717, 1.165) is 24.8 Å². The number of rotatable bonds is 5. The number of esters is 1. The number of ether oxygens (including phenoxy) is 1. The molecule has 102 valence electrons. The molecule has 3 N–H and O–H groups in total. The summed E-state index contributed by atoms with van der Waals surface area (Å²) < 4.78 is 5.45. The van der Waals surface area contributed by atoms with E-state index in [2.05, 4.69) is 11.4 Å². The zero-order valence-corrected chi connectivity index (χ0v) is 10.7. The van der Waals surface area contributed by atoms with Gasteiger partial charge in [0.15, 0.2) is 0 Å². The smallest absolute Gasteiger partial charge is 0.320 e. The largest absolute Gasteiger partial charge is 0.457 e. The average molecular weight is 262 g/mol. The quantitative estimate of drug-likeness (QED) is 0.765. The van der Waals surface area contributed by atoms with Gasteiger partial charge in [-0.1, -0.05) is 24.3 Å². The van der Waals surface area contributed by atoms with E-state index in [1.54, 1.807) is 0 Å². The van der Waals surface area contributed by atoms with Gasteiger partial charge in [0.25, 0.3) is 0 Å². The van der Waals surface area contributed by atoms with Crippen molar-refractivity contribution >= 4 is 11.9 Å². The maximum absolute atomic E-state index is 11.7. The average Bonchev–Trinajstić information content (AvgIpc) is 2.39. The third-order valence-electron chi connectivity index (χ3n) is 3.16. The van der Waals surface area contributed by atoms with Crippen LogP contribution in [0.15, 0.2) is 24.3 Å². The summed E-state index contributed by atoms with van der Waals surface area (Å²) in [6.45, 7) is -0.0159. The number of hydrogen-bond acceptors (Lipinski definition) is 4. The van der Waals surface area contributed by atoms with Gasteiger partial charge in [0.1, 0.15) is 6.10 Å². The first-order valence-electron chi connectivity index (χ1n) is 6.43. The van der Waals surface area contributed by atoms with Crippen molar-refractivity contribution in [3.8, 4) is 0 Å². The zero-order chi connectivity index (χ0) is 13.7. The Morgan fingerprint density at radius 1 is 1.32 bits per heavy atom. The topological polar surface area (TPSA) is 81.4 Å². The van der Waals surface area contributed by atoms with Crippen LogP contribution in [0.2, 0.25) is 0 Å². The Balaban J connectivity index is 1.90. The van der Waals surface area contributed by atoms with Gasteiger partial charge in [0, 0.05) is 0 Å². The van der Waals surface area contributed by atoms with Crippen molar-refractivity contribution in [1.82, 2.24) is 5.32 Å². The highest BCUT2D eigenvalue weighted by Crippen LogP contribution is 2.32. The van der Waals surface area contributed by atoms with Crippen molar-refractivity contribution in [2.24, 2.45) is 5.73 Å². The number of primary amides is 1. The Morgan fingerprint density at radius 3 is 2.89 bits per heavy atom. The van der Waals surface area contributed by atoms with E-state index in [9.17, 15) is 9.59 Å². The first-order chi connectivity index (χ1) is 9.16. The summed E-state index contributed by atoms with van der Waals surface area (Å²) in [5, 5.41) is 2.65. The third-order valence-corrected chi connectivity index (χ3v) is 3.16. The minimum absolute atomic E-state index is 0.00159. The van der Waals surface area contributed by atoms with E-state index in [4.69, 9.17) is 10.5 Å². The van der Waals surface area contributed by atoms with Crippen molar-refractivity contribution in [1.29, 1.82) is 0 Å². The van der Waals surface area contributed by atoms with Gasteiger partial charge in [-0.05, 0) is 30.4 Å². The second-order valence-electron chi connectivity index (χ2n) is 4.64. The summed E-state index contributed by atoms with van der Waals surface area (Å²) in [4.78, 5) is 22.2. The summed E-state index contributed by atoms with van der Waals surface area (Å²) in [5.74, 6) is -0.848. The SMILES string of the molecule is NC(=O)CNCC(=O)OC1CCCc2ccccc21. The highest BCUT2D eigenvalue weighted by Gasteiger charge is 2.22. The number of nitrogens with one attached hydrogen (secondary N) is 1. The second kappa shape index (κ2) is 6.33. The summed E-state index contributed by atoms with van der Waals surface area (Å²) in [6, 6.07) is 8.03. The molecule has 0 heterocycles. The van der Waals surface area contributed by atoms with Gasteiger partial charge in [-0.2, -0.15) is 0 Å². The minimum atomic E-state index is -0.490. The molecule has 1 aromatic carbocycles. The van der Waals surface area contributed by atoms with Crippen LogP contribution >= 0.6 is 0 Å². The lowest BCUT2D eigenvalue weighted by atomic mass is 9.89. The highest BCUT2D eigenvalue weighted by atomic mass is 16.5. The van der Waals surface area contributed by atoms with Crippen molar-refractivity contribution in [2.45, 2.75) is 25.4 Å². The lowest BCUT2D eigenvalue weighted by Crippen LogP contribution is -2.33. The zero-order valence-electron chi connectivity index (χ0n) is 10.7. The number of nitrogens with two attached hydrogens (primary N) is 1. The van der Waals surface area contributed by atoms with Gasteiger partial charge in [-0.3, -0.25) is 14.9 Å². The van der Waals surface area contributed by atoms with Crippen LogP contribution in [0.5, 0.6) is 0 Å². The van der Waals surface area contributed by atoms with E-state index in [0.29, 0.717) is 0 Å². The fraction of sp³-hybridized carbons (Fsp3) is 0.429. The number of hydrogen-bond donors (Lipinski definition) is 2.